The van der Waals surface area contributed by atoms with E-state index in [1.807, 2.05) is 24.3 Å². The molecular weight excluding hydrogens is 218 g/mol. The van der Waals surface area contributed by atoms with Gasteiger partial charge in [0.15, 0.2) is 0 Å². The van der Waals surface area contributed by atoms with Crippen LogP contribution in [0.1, 0.15) is 6.92 Å². The standard InChI is InChI=1S/C12H13N3O2/c1-2-17-12(16)9-15-11(6-8-14-15)10-5-3-4-7-13-10/h3-8H,2,9H2,1H3. The molecule has 0 aliphatic rings. The molecule has 2 rings (SSSR count). The first kappa shape index (κ1) is 11.3. The molecule has 88 valence electrons. The van der Waals surface area contributed by atoms with Gasteiger partial charge in [-0.1, -0.05) is 6.07 Å². The molecule has 2 heterocycles. The predicted octanol–water partition coefficient (Wildman–Crippen LogP) is 1.51. The van der Waals surface area contributed by atoms with E-state index in [9.17, 15) is 4.79 Å². The largest absolute Gasteiger partial charge is 0.465 e. The summed E-state index contributed by atoms with van der Waals surface area (Å²) in [6.07, 6.45) is 3.35. The van der Waals surface area contributed by atoms with E-state index in [0.717, 1.165) is 11.4 Å². The Balaban J connectivity index is 2.20. The quantitative estimate of drug-likeness (QED) is 0.748. The van der Waals surface area contributed by atoms with Crippen molar-refractivity contribution < 1.29 is 9.53 Å². The molecule has 17 heavy (non-hydrogen) atoms. The van der Waals surface area contributed by atoms with Crippen LogP contribution in [0.4, 0.5) is 0 Å². The van der Waals surface area contributed by atoms with Crippen LogP contribution in [0.5, 0.6) is 0 Å². The van der Waals surface area contributed by atoms with E-state index in [2.05, 4.69) is 10.1 Å². The molecule has 0 aromatic carbocycles. The van der Waals surface area contributed by atoms with Gasteiger partial charge in [-0.3, -0.25) is 14.5 Å². The molecule has 2 aromatic rings. The SMILES string of the molecule is CCOC(=O)Cn1nccc1-c1ccccn1. The van der Waals surface area contributed by atoms with Crippen molar-refractivity contribution in [2.45, 2.75) is 13.5 Å². The number of pyridine rings is 1. The van der Waals surface area contributed by atoms with Crippen molar-refractivity contribution in [2.75, 3.05) is 6.61 Å². The molecule has 0 atom stereocenters. The van der Waals surface area contributed by atoms with E-state index >= 15 is 0 Å². The van der Waals surface area contributed by atoms with Gasteiger partial charge in [0, 0.05) is 12.4 Å². The number of aromatic nitrogens is 3. The first-order chi connectivity index (χ1) is 8.31. The van der Waals surface area contributed by atoms with Crippen molar-refractivity contribution in [3.63, 3.8) is 0 Å². The van der Waals surface area contributed by atoms with Crippen LogP contribution in [0.15, 0.2) is 36.7 Å². The fourth-order valence-electron chi connectivity index (χ4n) is 1.52. The van der Waals surface area contributed by atoms with Crippen LogP contribution in [0.2, 0.25) is 0 Å². The van der Waals surface area contributed by atoms with Crippen LogP contribution >= 0.6 is 0 Å². The van der Waals surface area contributed by atoms with Crippen molar-refractivity contribution in [1.82, 2.24) is 14.8 Å². The average Bonchev–Trinajstić information content (AvgIpc) is 2.78. The van der Waals surface area contributed by atoms with E-state index in [-0.39, 0.29) is 12.5 Å². The second kappa shape index (κ2) is 5.25. The van der Waals surface area contributed by atoms with E-state index in [1.165, 1.54) is 0 Å². The lowest BCUT2D eigenvalue weighted by atomic mass is 10.3. The van der Waals surface area contributed by atoms with Crippen molar-refractivity contribution in [3.05, 3.63) is 36.7 Å². The number of carbonyl (C=O) groups is 1. The molecule has 0 fully saturated rings. The van der Waals surface area contributed by atoms with Crippen molar-refractivity contribution in [1.29, 1.82) is 0 Å². The maximum atomic E-state index is 11.4. The van der Waals surface area contributed by atoms with Gasteiger partial charge >= 0.3 is 5.97 Å². The maximum Gasteiger partial charge on any atom is 0.327 e. The Kier molecular flexibility index (Phi) is 3.49. The Morgan fingerprint density at radius 3 is 2.94 bits per heavy atom. The van der Waals surface area contributed by atoms with Gasteiger partial charge in [0.05, 0.1) is 18.0 Å². The molecule has 0 bridgehead atoms. The number of hydrogen-bond acceptors (Lipinski definition) is 4. The summed E-state index contributed by atoms with van der Waals surface area (Å²) in [6, 6.07) is 7.43. The summed E-state index contributed by atoms with van der Waals surface area (Å²) in [5.41, 5.74) is 1.59. The molecule has 0 aliphatic heterocycles. The minimum atomic E-state index is -0.298. The van der Waals surface area contributed by atoms with E-state index in [1.54, 1.807) is 24.0 Å². The highest BCUT2D eigenvalue weighted by Gasteiger charge is 2.10. The zero-order valence-electron chi connectivity index (χ0n) is 9.54. The zero-order chi connectivity index (χ0) is 12.1. The zero-order valence-corrected chi connectivity index (χ0v) is 9.54. The highest BCUT2D eigenvalue weighted by atomic mass is 16.5. The summed E-state index contributed by atoms with van der Waals surface area (Å²) in [6.45, 7) is 2.26. The van der Waals surface area contributed by atoms with Gasteiger partial charge in [-0.25, -0.2) is 0 Å². The number of ether oxygens (including phenoxy) is 1. The normalized spacial score (nSPS) is 10.2. The van der Waals surface area contributed by atoms with Crippen molar-refractivity contribution in [3.8, 4) is 11.4 Å². The van der Waals surface area contributed by atoms with Gasteiger partial charge in [-0.15, -0.1) is 0 Å². The smallest absolute Gasteiger partial charge is 0.327 e. The molecule has 0 saturated carbocycles. The van der Waals surface area contributed by atoms with Gasteiger partial charge in [-0.05, 0) is 25.1 Å². The molecule has 0 spiro atoms. The summed E-state index contributed by atoms with van der Waals surface area (Å²) >= 11 is 0. The third kappa shape index (κ3) is 2.69. The molecule has 2 aromatic heterocycles. The number of rotatable bonds is 4. The molecule has 5 heteroatoms. The monoisotopic (exact) mass is 231 g/mol. The second-order valence-corrected chi connectivity index (χ2v) is 3.39. The van der Waals surface area contributed by atoms with Crippen LogP contribution in [-0.4, -0.2) is 27.3 Å². The predicted molar refractivity (Wildman–Crippen MR) is 62.1 cm³/mol. The van der Waals surface area contributed by atoms with Crippen molar-refractivity contribution in [2.24, 2.45) is 0 Å². The Hall–Kier alpha value is -2.17. The summed E-state index contributed by atoms with van der Waals surface area (Å²) in [7, 11) is 0. The molecule has 0 aliphatic carbocycles. The number of hydrogen-bond donors (Lipinski definition) is 0. The average molecular weight is 231 g/mol. The first-order valence-electron chi connectivity index (χ1n) is 5.40. The first-order valence-corrected chi connectivity index (χ1v) is 5.40. The molecule has 0 radical (unpaired) electrons. The molecule has 0 amide bonds. The second-order valence-electron chi connectivity index (χ2n) is 3.39. The third-order valence-corrected chi connectivity index (χ3v) is 2.23. The van der Waals surface area contributed by atoms with E-state index in [0.29, 0.717) is 6.61 Å². The third-order valence-electron chi connectivity index (χ3n) is 2.23. The fourth-order valence-corrected chi connectivity index (χ4v) is 1.52. The van der Waals surface area contributed by atoms with Crippen LogP contribution in [0, 0.1) is 0 Å². The fraction of sp³-hybridized carbons (Fsp3) is 0.250. The summed E-state index contributed by atoms with van der Waals surface area (Å²) < 4.78 is 6.47. The number of carbonyl (C=O) groups excluding carboxylic acids is 1. The Morgan fingerprint density at radius 2 is 2.24 bits per heavy atom. The van der Waals surface area contributed by atoms with Gasteiger partial charge < -0.3 is 4.74 Å². The molecule has 0 N–H and O–H groups in total. The number of esters is 1. The lowest BCUT2D eigenvalue weighted by Crippen LogP contribution is -2.15. The Morgan fingerprint density at radius 1 is 1.35 bits per heavy atom. The van der Waals surface area contributed by atoms with Crippen LogP contribution in [0.3, 0.4) is 0 Å². The summed E-state index contributed by atoms with van der Waals surface area (Å²) in [5, 5.41) is 4.09. The lowest BCUT2D eigenvalue weighted by molar-refractivity contribution is -0.144. The van der Waals surface area contributed by atoms with Gasteiger partial charge in [-0.2, -0.15) is 5.10 Å². The lowest BCUT2D eigenvalue weighted by Gasteiger charge is -2.06. The van der Waals surface area contributed by atoms with Crippen LogP contribution in [0.25, 0.3) is 11.4 Å². The van der Waals surface area contributed by atoms with Crippen LogP contribution in [-0.2, 0) is 16.1 Å². The van der Waals surface area contributed by atoms with Crippen molar-refractivity contribution >= 4 is 5.97 Å². The van der Waals surface area contributed by atoms with Crippen LogP contribution < -0.4 is 0 Å². The van der Waals surface area contributed by atoms with Gasteiger partial charge in [0.1, 0.15) is 6.54 Å². The molecule has 0 saturated heterocycles. The summed E-state index contributed by atoms with van der Waals surface area (Å²) in [5.74, 6) is -0.298. The highest BCUT2D eigenvalue weighted by molar-refractivity contribution is 5.70. The van der Waals surface area contributed by atoms with Gasteiger partial charge in [0.2, 0.25) is 0 Å². The van der Waals surface area contributed by atoms with Gasteiger partial charge in [0.25, 0.3) is 0 Å². The minimum Gasteiger partial charge on any atom is -0.465 e. The Labute approximate surface area is 99.1 Å². The minimum absolute atomic E-state index is 0.104. The summed E-state index contributed by atoms with van der Waals surface area (Å²) in [4.78, 5) is 15.6. The molecule has 5 nitrogen and oxygen atoms in total. The van der Waals surface area contributed by atoms with E-state index in [4.69, 9.17) is 4.74 Å². The molecular formula is C12H13N3O2. The Bertz CT molecular complexity index is 493. The maximum absolute atomic E-state index is 11.4. The highest BCUT2D eigenvalue weighted by Crippen LogP contribution is 2.15. The number of nitrogens with zero attached hydrogens (tertiary/aromatic N) is 3. The van der Waals surface area contributed by atoms with E-state index < -0.39 is 0 Å². The molecule has 0 unspecified atom stereocenters. The topological polar surface area (TPSA) is 57.0 Å².